The SMILES string of the molecule is Cc1cc(C)cc(C(=O)N2CCC(n3cc(-c4nc(-c5ccccc5)no4)nn3)C2)c1. The molecule has 2 aromatic carbocycles. The van der Waals surface area contributed by atoms with Crippen molar-refractivity contribution in [1.82, 2.24) is 30.0 Å². The maximum Gasteiger partial charge on any atom is 0.280 e. The van der Waals surface area contributed by atoms with Gasteiger partial charge in [0.05, 0.1) is 12.2 Å². The predicted molar refractivity (Wildman–Crippen MR) is 114 cm³/mol. The lowest BCUT2D eigenvalue weighted by Gasteiger charge is -2.17. The van der Waals surface area contributed by atoms with Crippen LogP contribution in [0.4, 0.5) is 0 Å². The molecule has 1 atom stereocenters. The van der Waals surface area contributed by atoms with Crippen molar-refractivity contribution in [3.05, 3.63) is 71.4 Å². The molecule has 0 aliphatic carbocycles. The molecule has 1 saturated heterocycles. The van der Waals surface area contributed by atoms with Crippen molar-refractivity contribution in [3.8, 4) is 23.0 Å². The highest BCUT2D eigenvalue weighted by Crippen LogP contribution is 2.26. The van der Waals surface area contributed by atoms with Crippen LogP contribution in [0.1, 0.15) is 33.9 Å². The van der Waals surface area contributed by atoms with Gasteiger partial charge in [0.2, 0.25) is 5.82 Å². The van der Waals surface area contributed by atoms with E-state index in [1.807, 2.05) is 61.2 Å². The summed E-state index contributed by atoms with van der Waals surface area (Å²) in [4.78, 5) is 19.2. The average molecular weight is 414 g/mol. The van der Waals surface area contributed by atoms with Crippen LogP contribution in [0.15, 0.2) is 59.3 Å². The topological polar surface area (TPSA) is 89.9 Å². The van der Waals surface area contributed by atoms with Crippen molar-refractivity contribution in [2.45, 2.75) is 26.3 Å². The van der Waals surface area contributed by atoms with Gasteiger partial charge < -0.3 is 9.42 Å². The van der Waals surface area contributed by atoms with E-state index in [9.17, 15) is 4.79 Å². The fourth-order valence-electron chi connectivity index (χ4n) is 4.01. The second kappa shape index (κ2) is 7.79. The van der Waals surface area contributed by atoms with Crippen LogP contribution in [0.3, 0.4) is 0 Å². The lowest BCUT2D eigenvalue weighted by molar-refractivity contribution is 0.0786. The van der Waals surface area contributed by atoms with Crippen LogP contribution in [-0.2, 0) is 0 Å². The number of carbonyl (C=O) groups excluding carboxylic acids is 1. The molecule has 8 nitrogen and oxygen atoms in total. The van der Waals surface area contributed by atoms with E-state index in [-0.39, 0.29) is 11.9 Å². The number of aromatic nitrogens is 5. The van der Waals surface area contributed by atoms with Crippen molar-refractivity contribution in [2.75, 3.05) is 13.1 Å². The Kier molecular flexibility index (Phi) is 4.82. The van der Waals surface area contributed by atoms with Crippen molar-refractivity contribution >= 4 is 5.91 Å². The smallest absolute Gasteiger partial charge is 0.280 e. The van der Waals surface area contributed by atoms with Gasteiger partial charge in [-0.3, -0.25) is 4.79 Å². The molecule has 1 aliphatic rings. The third-order valence-electron chi connectivity index (χ3n) is 5.48. The van der Waals surface area contributed by atoms with E-state index in [1.54, 1.807) is 10.9 Å². The van der Waals surface area contributed by atoms with Gasteiger partial charge in [-0.05, 0) is 32.4 Å². The fraction of sp³-hybridized carbons (Fsp3) is 0.261. The van der Waals surface area contributed by atoms with Gasteiger partial charge in [-0.1, -0.05) is 57.9 Å². The second-order valence-electron chi connectivity index (χ2n) is 7.94. The number of likely N-dealkylation sites (tertiary alicyclic amines) is 1. The first kappa shape index (κ1) is 19.2. The molecule has 156 valence electrons. The summed E-state index contributed by atoms with van der Waals surface area (Å²) in [6.45, 7) is 5.29. The first-order valence-corrected chi connectivity index (χ1v) is 10.3. The molecule has 5 rings (SSSR count). The number of aryl methyl sites for hydroxylation is 2. The van der Waals surface area contributed by atoms with Crippen molar-refractivity contribution in [3.63, 3.8) is 0 Å². The lowest BCUT2D eigenvalue weighted by atomic mass is 10.1. The Hall–Kier alpha value is -3.81. The van der Waals surface area contributed by atoms with Crippen LogP contribution in [0, 0.1) is 13.8 Å². The van der Waals surface area contributed by atoms with Gasteiger partial charge >= 0.3 is 0 Å². The van der Waals surface area contributed by atoms with E-state index in [0.29, 0.717) is 30.5 Å². The Bertz CT molecular complexity index is 1210. The Morgan fingerprint density at radius 2 is 1.87 bits per heavy atom. The first-order valence-electron chi connectivity index (χ1n) is 10.3. The number of hydrogen-bond acceptors (Lipinski definition) is 6. The number of carbonyl (C=O) groups is 1. The average Bonchev–Trinajstić information content (AvgIpc) is 3.53. The largest absolute Gasteiger partial charge is 0.336 e. The van der Waals surface area contributed by atoms with Gasteiger partial charge in [-0.2, -0.15) is 4.98 Å². The summed E-state index contributed by atoms with van der Waals surface area (Å²) in [6.07, 6.45) is 2.62. The van der Waals surface area contributed by atoms with E-state index >= 15 is 0 Å². The van der Waals surface area contributed by atoms with Gasteiger partial charge in [-0.15, -0.1) is 5.10 Å². The monoisotopic (exact) mass is 414 g/mol. The summed E-state index contributed by atoms with van der Waals surface area (Å²) >= 11 is 0. The maximum atomic E-state index is 12.9. The fourth-order valence-corrected chi connectivity index (χ4v) is 4.01. The minimum atomic E-state index is 0.0547. The van der Waals surface area contributed by atoms with E-state index in [0.717, 1.165) is 28.7 Å². The van der Waals surface area contributed by atoms with Crippen molar-refractivity contribution in [2.24, 2.45) is 0 Å². The summed E-state index contributed by atoms with van der Waals surface area (Å²) in [6, 6.07) is 15.6. The highest BCUT2D eigenvalue weighted by molar-refractivity contribution is 5.94. The first-order chi connectivity index (χ1) is 15.1. The molecule has 1 fully saturated rings. The second-order valence-corrected chi connectivity index (χ2v) is 7.94. The number of nitrogens with zero attached hydrogens (tertiary/aromatic N) is 6. The minimum absolute atomic E-state index is 0.0547. The predicted octanol–water partition coefficient (Wildman–Crippen LogP) is 3.70. The summed E-state index contributed by atoms with van der Waals surface area (Å²) in [5.74, 6) is 0.890. The number of hydrogen-bond donors (Lipinski definition) is 0. The molecule has 0 radical (unpaired) electrons. The van der Waals surface area contributed by atoms with E-state index < -0.39 is 0 Å². The molecule has 0 saturated carbocycles. The highest BCUT2D eigenvalue weighted by Gasteiger charge is 2.29. The molecule has 8 heteroatoms. The number of rotatable bonds is 4. The minimum Gasteiger partial charge on any atom is -0.336 e. The molecule has 31 heavy (non-hydrogen) atoms. The zero-order valence-electron chi connectivity index (χ0n) is 17.4. The van der Waals surface area contributed by atoms with Crippen LogP contribution in [0.25, 0.3) is 23.0 Å². The van der Waals surface area contributed by atoms with E-state index in [2.05, 4.69) is 26.5 Å². The van der Waals surface area contributed by atoms with Gasteiger partial charge in [0.25, 0.3) is 11.8 Å². The van der Waals surface area contributed by atoms with Crippen LogP contribution < -0.4 is 0 Å². The molecular weight excluding hydrogens is 392 g/mol. The highest BCUT2D eigenvalue weighted by atomic mass is 16.5. The molecule has 0 N–H and O–H groups in total. The van der Waals surface area contributed by atoms with Crippen LogP contribution in [0.2, 0.25) is 0 Å². The van der Waals surface area contributed by atoms with E-state index in [4.69, 9.17) is 4.52 Å². The zero-order chi connectivity index (χ0) is 21.4. The third kappa shape index (κ3) is 3.84. The van der Waals surface area contributed by atoms with Crippen LogP contribution in [-0.4, -0.2) is 49.0 Å². The van der Waals surface area contributed by atoms with Gasteiger partial charge in [0, 0.05) is 24.2 Å². The molecule has 1 aliphatic heterocycles. The summed E-state index contributed by atoms with van der Waals surface area (Å²) < 4.78 is 7.17. The van der Waals surface area contributed by atoms with E-state index in [1.165, 1.54) is 0 Å². The molecule has 4 aromatic rings. The standard InChI is InChI=1S/C23H22N6O2/c1-15-10-16(2)12-18(11-15)23(30)28-9-8-19(13-28)29-14-20(25-27-29)22-24-21(26-31-22)17-6-4-3-5-7-17/h3-7,10-12,14,19H,8-9,13H2,1-2H3. The van der Waals surface area contributed by atoms with Gasteiger partial charge in [0.1, 0.15) is 0 Å². The van der Waals surface area contributed by atoms with Gasteiger partial charge in [0.15, 0.2) is 5.69 Å². The van der Waals surface area contributed by atoms with Crippen molar-refractivity contribution < 1.29 is 9.32 Å². The zero-order valence-corrected chi connectivity index (χ0v) is 17.4. The van der Waals surface area contributed by atoms with Crippen molar-refractivity contribution in [1.29, 1.82) is 0 Å². The normalized spacial score (nSPS) is 16.1. The Labute approximate surface area is 179 Å². The number of amides is 1. The molecule has 1 amide bonds. The molecule has 3 heterocycles. The van der Waals surface area contributed by atoms with Gasteiger partial charge in [-0.25, -0.2) is 4.68 Å². The Morgan fingerprint density at radius 1 is 1.10 bits per heavy atom. The summed E-state index contributed by atoms with van der Waals surface area (Å²) in [7, 11) is 0. The molecule has 0 bridgehead atoms. The van der Waals surface area contributed by atoms with Crippen LogP contribution >= 0.6 is 0 Å². The lowest BCUT2D eigenvalue weighted by Crippen LogP contribution is -2.29. The summed E-state index contributed by atoms with van der Waals surface area (Å²) in [5.41, 5.74) is 4.32. The molecular formula is C23H22N6O2. The molecule has 1 unspecified atom stereocenters. The quantitative estimate of drug-likeness (QED) is 0.506. The number of benzene rings is 2. The molecule has 0 spiro atoms. The maximum absolute atomic E-state index is 12.9. The Balaban J connectivity index is 1.30. The summed E-state index contributed by atoms with van der Waals surface area (Å²) in [5, 5.41) is 12.5. The van der Waals surface area contributed by atoms with Crippen LogP contribution in [0.5, 0.6) is 0 Å². The Morgan fingerprint density at radius 3 is 2.65 bits per heavy atom. The third-order valence-corrected chi connectivity index (χ3v) is 5.48. The molecule has 2 aromatic heterocycles.